The van der Waals surface area contributed by atoms with E-state index in [1.165, 1.54) is 29.2 Å². The second kappa shape index (κ2) is 7.44. The van der Waals surface area contributed by atoms with Gasteiger partial charge in [-0.2, -0.15) is 0 Å². The maximum atomic E-state index is 13.2. The zero-order chi connectivity index (χ0) is 19.5. The van der Waals surface area contributed by atoms with Crippen LogP contribution in [0.3, 0.4) is 0 Å². The van der Waals surface area contributed by atoms with E-state index in [9.17, 15) is 14.0 Å². The summed E-state index contributed by atoms with van der Waals surface area (Å²) in [5.74, 6) is -1.20. The Hall–Kier alpha value is -3.80. The number of carbonyl (C=O) groups excluding carboxylic acids is 2. The third-order valence-electron chi connectivity index (χ3n) is 4.41. The monoisotopic (exact) mass is 373 g/mol. The molecule has 0 aliphatic carbocycles. The third kappa shape index (κ3) is 3.40. The number of pyridine rings is 1. The van der Waals surface area contributed by atoms with E-state index in [-0.39, 0.29) is 24.0 Å². The number of aromatic nitrogens is 1. The van der Waals surface area contributed by atoms with Gasteiger partial charge in [-0.05, 0) is 41.5 Å². The first-order chi connectivity index (χ1) is 13.6. The summed E-state index contributed by atoms with van der Waals surface area (Å²) in [7, 11) is 0. The van der Waals surface area contributed by atoms with E-state index in [1.807, 2.05) is 6.07 Å². The van der Waals surface area contributed by atoms with Crippen molar-refractivity contribution >= 4 is 23.1 Å². The molecule has 0 saturated carbocycles. The molecule has 28 heavy (non-hydrogen) atoms. The summed E-state index contributed by atoms with van der Waals surface area (Å²) in [6.07, 6.45) is 3.25. The van der Waals surface area contributed by atoms with E-state index in [1.54, 1.807) is 48.8 Å². The number of hydrogen-bond acceptors (Lipinski definition) is 4. The summed E-state index contributed by atoms with van der Waals surface area (Å²) in [5, 5.41) is 3.00. The van der Waals surface area contributed by atoms with Gasteiger partial charge in [0.25, 0.3) is 11.8 Å². The predicted octanol–water partition coefficient (Wildman–Crippen LogP) is 3.61. The molecule has 2 aromatic carbocycles. The van der Waals surface area contributed by atoms with Crippen molar-refractivity contribution in [1.29, 1.82) is 0 Å². The first kappa shape index (κ1) is 17.6. The lowest BCUT2D eigenvalue weighted by Gasteiger charge is -2.15. The number of rotatable bonds is 5. The molecular formula is C22H16FN3O2. The molecule has 0 spiro atoms. The van der Waals surface area contributed by atoms with Crippen molar-refractivity contribution in [1.82, 2.24) is 9.88 Å². The Balaban J connectivity index is 1.73. The smallest absolute Gasteiger partial charge is 0.278 e. The second-order valence-corrected chi connectivity index (χ2v) is 6.31. The van der Waals surface area contributed by atoms with Crippen molar-refractivity contribution in [2.45, 2.75) is 6.54 Å². The summed E-state index contributed by atoms with van der Waals surface area (Å²) in [6.45, 7) is 0.121. The number of imide groups is 1. The van der Waals surface area contributed by atoms with E-state index in [4.69, 9.17) is 0 Å². The van der Waals surface area contributed by atoms with Gasteiger partial charge in [0, 0.05) is 18.1 Å². The Morgan fingerprint density at radius 2 is 1.64 bits per heavy atom. The van der Waals surface area contributed by atoms with Crippen LogP contribution in [0, 0.1) is 5.82 Å². The van der Waals surface area contributed by atoms with Gasteiger partial charge in [-0.25, -0.2) is 4.39 Å². The summed E-state index contributed by atoms with van der Waals surface area (Å²) >= 11 is 0. The highest BCUT2D eigenvalue weighted by atomic mass is 19.1. The number of anilines is 1. The van der Waals surface area contributed by atoms with Crippen LogP contribution in [0.1, 0.15) is 11.1 Å². The minimum atomic E-state index is -0.433. The van der Waals surface area contributed by atoms with E-state index in [0.717, 1.165) is 5.56 Å². The number of halogens is 1. The van der Waals surface area contributed by atoms with Gasteiger partial charge in [0.2, 0.25) is 0 Å². The van der Waals surface area contributed by atoms with Crippen LogP contribution in [-0.2, 0) is 16.1 Å². The van der Waals surface area contributed by atoms with Crippen LogP contribution in [0.4, 0.5) is 10.1 Å². The van der Waals surface area contributed by atoms with Gasteiger partial charge in [0.15, 0.2) is 0 Å². The van der Waals surface area contributed by atoms with Crippen molar-refractivity contribution in [3.8, 4) is 0 Å². The van der Waals surface area contributed by atoms with Gasteiger partial charge in [-0.1, -0.05) is 36.4 Å². The highest BCUT2D eigenvalue weighted by Gasteiger charge is 2.39. The SMILES string of the molecule is O=C1C(Nc2ccc(F)cc2)=C(c2ccccc2)C(=O)N1Cc1cccnc1. The van der Waals surface area contributed by atoms with Crippen LogP contribution < -0.4 is 5.32 Å². The van der Waals surface area contributed by atoms with Crippen LogP contribution in [-0.4, -0.2) is 21.7 Å². The average Bonchev–Trinajstić information content (AvgIpc) is 2.95. The molecule has 0 atom stereocenters. The molecule has 3 aromatic rings. The number of hydrogen-bond donors (Lipinski definition) is 1. The summed E-state index contributed by atoms with van der Waals surface area (Å²) in [4.78, 5) is 31.4. The Morgan fingerprint density at radius 3 is 2.32 bits per heavy atom. The Morgan fingerprint density at radius 1 is 0.893 bits per heavy atom. The molecule has 6 heteroatoms. The topological polar surface area (TPSA) is 62.3 Å². The van der Waals surface area contributed by atoms with E-state index >= 15 is 0 Å². The molecule has 1 aliphatic rings. The van der Waals surface area contributed by atoms with Crippen LogP contribution in [0.15, 0.2) is 84.8 Å². The van der Waals surface area contributed by atoms with Gasteiger partial charge in [-0.3, -0.25) is 19.5 Å². The zero-order valence-electron chi connectivity index (χ0n) is 14.8. The minimum absolute atomic E-state index is 0.121. The van der Waals surface area contributed by atoms with E-state index in [2.05, 4.69) is 10.3 Å². The van der Waals surface area contributed by atoms with Gasteiger partial charge in [0.05, 0.1) is 12.1 Å². The molecule has 2 amide bonds. The predicted molar refractivity (Wildman–Crippen MR) is 103 cm³/mol. The minimum Gasteiger partial charge on any atom is -0.350 e. The van der Waals surface area contributed by atoms with Crippen molar-refractivity contribution in [3.05, 3.63) is 102 Å². The van der Waals surface area contributed by atoms with Crippen molar-refractivity contribution in [2.24, 2.45) is 0 Å². The second-order valence-electron chi connectivity index (χ2n) is 6.31. The molecule has 138 valence electrons. The van der Waals surface area contributed by atoms with Gasteiger partial charge in [-0.15, -0.1) is 0 Å². The Labute approximate surface area is 161 Å². The summed E-state index contributed by atoms with van der Waals surface area (Å²) in [5.41, 5.74) is 2.37. The molecule has 1 N–H and O–H groups in total. The fourth-order valence-corrected chi connectivity index (χ4v) is 3.06. The largest absolute Gasteiger partial charge is 0.350 e. The quantitative estimate of drug-likeness (QED) is 0.694. The third-order valence-corrected chi connectivity index (χ3v) is 4.41. The van der Waals surface area contributed by atoms with Crippen LogP contribution in [0.5, 0.6) is 0 Å². The number of nitrogens with zero attached hydrogens (tertiary/aromatic N) is 2. The molecule has 2 heterocycles. The molecule has 0 saturated heterocycles. The fourth-order valence-electron chi connectivity index (χ4n) is 3.06. The summed E-state index contributed by atoms with van der Waals surface area (Å²) in [6, 6.07) is 18.2. The fraction of sp³-hybridized carbons (Fsp3) is 0.0455. The molecule has 5 nitrogen and oxygen atoms in total. The zero-order valence-corrected chi connectivity index (χ0v) is 14.8. The molecule has 0 bridgehead atoms. The van der Waals surface area contributed by atoms with Crippen molar-refractivity contribution < 1.29 is 14.0 Å². The lowest BCUT2D eigenvalue weighted by atomic mass is 10.0. The number of carbonyl (C=O) groups is 2. The average molecular weight is 373 g/mol. The maximum Gasteiger partial charge on any atom is 0.278 e. The van der Waals surface area contributed by atoms with Gasteiger partial charge in [0.1, 0.15) is 11.5 Å². The number of nitrogens with one attached hydrogen (secondary N) is 1. The Kier molecular flexibility index (Phi) is 4.68. The molecule has 1 aromatic heterocycles. The lowest BCUT2D eigenvalue weighted by Crippen LogP contribution is -2.32. The highest BCUT2D eigenvalue weighted by molar-refractivity contribution is 6.36. The molecular weight excluding hydrogens is 357 g/mol. The van der Waals surface area contributed by atoms with Crippen molar-refractivity contribution in [3.63, 3.8) is 0 Å². The summed E-state index contributed by atoms with van der Waals surface area (Å²) < 4.78 is 13.2. The molecule has 0 fully saturated rings. The highest BCUT2D eigenvalue weighted by Crippen LogP contribution is 2.31. The molecule has 0 radical (unpaired) electrons. The molecule has 0 unspecified atom stereocenters. The van der Waals surface area contributed by atoms with E-state index < -0.39 is 5.91 Å². The van der Waals surface area contributed by atoms with Gasteiger partial charge >= 0.3 is 0 Å². The van der Waals surface area contributed by atoms with Crippen LogP contribution in [0.25, 0.3) is 5.57 Å². The normalized spacial score (nSPS) is 14.0. The first-order valence-corrected chi connectivity index (χ1v) is 8.71. The Bertz CT molecular complexity index is 1050. The van der Waals surface area contributed by atoms with Gasteiger partial charge < -0.3 is 5.32 Å². The molecule has 4 rings (SSSR count). The number of amides is 2. The van der Waals surface area contributed by atoms with E-state index in [0.29, 0.717) is 16.8 Å². The van der Waals surface area contributed by atoms with Crippen LogP contribution >= 0.6 is 0 Å². The maximum absolute atomic E-state index is 13.2. The lowest BCUT2D eigenvalue weighted by molar-refractivity contribution is -0.137. The van der Waals surface area contributed by atoms with Crippen molar-refractivity contribution in [2.75, 3.05) is 5.32 Å². The number of benzene rings is 2. The van der Waals surface area contributed by atoms with Crippen LogP contribution in [0.2, 0.25) is 0 Å². The standard InChI is InChI=1S/C22H16FN3O2/c23-17-8-10-18(11-9-17)25-20-19(16-6-2-1-3-7-16)21(27)26(22(20)28)14-15-5-4-12-24-13-15/h1-13,25H,14H2. The first-order valence-electron chi connectivity index (χ1n) is 8.71. The molecule has 1 aliphatic heterocycles.